The number of hydrogen-bond donors (Lipinski definition) is 1. The smallest absolute Gasteiger partial charge is 0.347 e. The van der Waals surface area contributed by atoms with E-state index in [0.29, 0.717) is 22.4 Å². The summed E-state index contributed by atoms with van der Waals surface area (Å²) in [5.41, 5.74) is 2.22. The lowest BCUT2D eigenvalue weighted by Crippen LogP contribution is -2.23. The molecule has 2 aliphatic rings. The molecule has 1 saturated heterocycles. The van der Waals surface area contributed by atoms with Crippen LogP contribution >= 0.6 is 11.3 Å². The minimum absolute atomic E-state index is 0.379. The second-order valence-corrected chi connectivity index (χ2v) is 7.65. The van der Waals surface area contributed by atoms with Gasteiger partial charge in [-0.05, 0) is 23.3 Å². The highest BCUT2D eigenvalue weighted by Crippen LogP contribution is 2.58. The van der Waals surface area contributed by atoms with Crippen LogP contribution in [0.3, 0.4) is 0 Å². The molecule has 0 amide bonds. The molecule has 4 rings (SSSR count). The predicted molar refractivity (Wildman–Crippen MR) is 86.7 cm³/mol. The fourth-order valence-electron chi connectivity index (χ4n) is 3.45. The van der Waals surface area contributed by atoms with Gasteiger partial charge < -0.3 is 10.0 Å². The summed E-state index contributed by atoms with van der Waals surface area (Å²) in [5, 5.41) is 10.3. The van der Waals surface area contributed by atoms with Crippen molar-refractivity contribution in [2.24, 2.45) is 11.3 Å². The summed E-state index contributed by atoms with van der Waals surface area (Å²) in [6.45, 7) is 4.34. The van der Waals surface area contributed by atoms with E-state index in [-0.39, 0.29) is 0 Å². The largest absolute Gasteiger partial charge is 0.477 e. The molecule has 4 nitrogen and oxygen atoms in total. The van der Waals surface area contributed by atoms with Crippen molar-refractivity contribution in [1.29, 1.82) is 0 Å². The maximum atomic E-state index is 11.5. The summed E-state index contributed by atoms with van der Waals surface area (Å²) >= 11 is 1.32. The van der Waals surface area contributed by atoms with Crippen LogP contribution in [-0.2, 0) is 6.42 Å². The molecule has 1 aliphatic carbocycles. The van der Waals surface area contributed by atoms with Crippen LogP contribution in [-0.4, -0.2) is 29.1 Å². The highest BCUT2D eigenvalue weighted by molar-refractivity contribution is 7.17. The Morgan fingerprint density at radius 1 is 1.45 bits per heavy atom. The van der Waals surface area contributed by atoms with E-state index in [1.165, 1.54) is 17.8 Å². The molecular weight excluding hydrogens is 296 g/mol. The first-order chi connectivity index (χ1) is 10.5. The maximum absolute atomic E-state index is 11.5. The Morgan fingerprint density at radius 2 is 2.23 bits per heavy atom. The Bertz CT molecular complexity index is 728. The molecule has 0 radical (unpaired) electrons. The molecule has 0 bridgehead atoms. The van der Waals surface area contributed by atoms with E-state index in [4.69, 9.17) is 0 Å². The van der Waals surface area contributed by atoms with Crippen LogP contribution in [0.1, 0.15) is 34.3 Å². The summed E-state index contributed by atoms with van der Waals surface area (Å²) in [6.07, 6.45) is 1.88. The number of anilines is 1. The van der Waals surface area contributed by atoms with E-state index in [9.17, 15) is 9.90 Å². The summed E-state index contributed by atoms with van der Waals surface area (Å²) in [6, 6.07) is 9.93. The number of fused-ring (bicyclic) bond motifs is 1. The van der Waals surface area contributed by atoms with Crippen molar-refractivity contribution in [3.05, 3.63) is 46.5 Å². The molecule has 1 saturated carbocycles. The summed E-state index contributed by atoms with van der Waals surface area (Å²) in [7, 11) is 0. The Morgan fingerprint density at radius 3 is 2.86 bits per heavy atom. The molecule has 1 aliphatic heterocycles. The number of carboxylic acid groups (broad SMARTS) is 1. The second kappa shape index (κ2) is 4.81. The average Bonchev–Trinajstić information content (AvgIpc) is 2.86. The van der Waals surface area contributed by atoms with Crippen LogP contribution in [0.4, 0.5) is 5.13 Å². The minimum Gasteiger partial charge on any atom is -0.477 e. The van der Waals surface area contributed by atoms with Crippen LogP contribution in [0.5, 0.6) is 0 Å². The number of aromatic carboxylic acids is 1. The first-order valence-electron chi connectivity index (χ1n) is 7.57. The number of carboxylic acids is 1. The molecule has 2 aromatic rings. The van der Waals surface area contributed by atoms with Crippen molar-refractivity contribution in [3.8, 4) is 0 Å². The summed E-state index contributed by atoms with van der Waals surface area (Å²) in [5.74, 6) is -0.104. The maximum Gasteiger partial charge on any atom is 0.347 e. The van der Waals surface area contributed by atoms with Crippen molar-refractivity contribution >= 4 is 22.4 Å². The van der Waals surface area contributed by atoms with Gasteiger partial charge in [-0.25, -0.2) is 9.78 Å². The second-order valence-electron chi connectivity index (χ2n) is 6.68. The van der Waals surface area contributed by atoms with Gasteiger partial charge in [-0.2, -0.15) is 0 Å². The highest BCUT2D eigenvalue weighted by Gasteiger charge is 2.56. The minimum atomic E-state index is -0.870. The Labute approximate surface area is 133 Å². The first-order valence-corrected chi connectivity index (χ1v) is 8.39. The zero-order chi connectivity index (χ0) is 15.3. The topological polar surface area (TPSA) is 53.4 Å². The molecule has 2 fully saturated rings. The van der Waals surface area contributed by atoms with Crippen molar-refractivity contribution in [1.82, 2.24) is 4.98 Å². The molecule has 22 heavy (non-hydrogen) atoms. The quantitative estimate of drug-likeness (QED) is 0.941. The van der Waals surface area contributed by atoms with Crippen LogP contribution in [0.15, 0.2) is 30.3 Å². The third kappa shape index (κ3) is 2.29. The Hall–Kier alpha value is -1.88. The van der Waals surface area contributed by atoms with Gasteiger partial charge in [-0.3, -0.25) is 0 Å². The lowest BCUT2D eigenvalue weighted by atomic mass is 10.1. The molecule has 1 aromatic carbocycles. The Balaban J connectivity index is 1.62. The van der Waals surface area contributed by atoms with Crippen LogP contribution in [0, 0.1) is 11.3 Å². The standard InChI is InChI=1S/C17H18N2O2S/c1-17-8-12(17)9-19(10-17)16-18-13(14(22-16)15(20)21)7-11-5-3-2-4-6-11/h2-6,12H,7-10H2,1H3,(H,20,21). The van der Waals surface area contributed by atoms with E-state index >= 15 is 0 Å². The van der Waals surface area contributed by atoms with E-state index in [2.05, 4.69) is 16.8 Å². The van der Waals surface area contributed by atoms with Crippen LogP contribution < -0.4 is 4.90 Å². The fraction of sp³-hybridized carbons (Fsp3) is 0.412. The highest BCUT2D eigenvalue weighted by atomic mass is 32.1. The van der Waals surface area contributed by atoms with Gasteiger partial charge in [0.2, 0.25) is 0 Å². The van der Waals surface area contributed by atoms with E-state index in [1.54, 1.807) is 0 Å². The lowest BCUT2D eigenvalue weighted by molar-refractivity contribution is 0.0701. The Kier molecular flexibility index (Phi) is 3.01. The number of nitrogens with zero attached hydrogens (tertiary/aromatic N) is 2. The zero-order valence-electron chi connectivity index (χ0n) is 12.5. The van der Waals surface area contributed by atoms with Gasteiger partial charge in [0.1, 0.15) is 4.88 Å². The van der Waals surface area contributed by atoms with Gasteiger partial charge in [0.25, 0.3) is 0 Å². The molecule has 1 N–H and O–H groups in total. The number of hydrogen-bond acceptors (Lipinski definition) is 4. The summed E-state index contributed by atoms with van der Waals surface area (Å²) in [4.78, 5) is 18.8. The SMILES string of the molecule is CC12CC1CN(c1nc(Cc3ccccc3)c(C(=O)O)s1)C2. The molecule has 2 heterocycles. The van der Waals surface area contributed by atoms with Crippen molar-refractivity contribution in [2.75, 3.05) is 18.0 Å². The van der Waals surface area contributed by atoms with E-state index in [1.807, 2.05) is 30.3 Å². The number of carbonyl (C=O) groups is 1. The molecule has 5 heteroatoms. The van der Waals surface area contributed by atoms with Gasteiger partial charge in [0.05, 0.1) is 5.69 Å². The van der Waals surface area contributed by atoms with Gasteiger partial charge in [-0.15, -0.1) is 0 Å². The fourth-order valence-corrected chi connectivity index (χ4v) is 4.38. The number of aromatic nitrogens is 1. The molecule has 2 atom stereocenters. The van der Waals surface area contributed by atoms with E-state index < -0.39 is 5.97 Å². The van der Waals surface area contributed by atoms with E-state index in [0.717, 1.165) is 29.7 Å². The van der Waals surface area contributed by atoms with Crippen molar-refractivity contribution < 1.29 is 9.90 Å². The third-order valence-electron chi connectivity index (χ3n) is 4.90. The number of piperidine rings is 1. The molecule has 0 spiro atoms. The lowest BCUT2D eigenvalue weighted by Gasteiger charge is -2.17. The number of rotatable bonds is 4. The normalized spacial score (nSPS) is 26.0. The third-order valence-corrected chi connectivity index (χ3v) is 6.04. The predicted octanol–water partition coefficient (Wildman–Crippen LogP) is 3.28. The molecule has 1 aromatic heterocycles. The van der Waals surface area contributed by atoms with Gasteiger partial charge >= 0.3 is 5.97 Å². The van der Waals surface area contributed by atoms with Gasteiger partial charge in [0.15, 0.2) is 5.13 Å². The zero-order valence-corrected chi connectivity index (χ0v) is 13.3. The monoisotopic (exact) mass is 314 g/mol. The van der Waals surface area contributed by atoms with Crippen LogP contribution in [0.25, 0.3) is 0 Å². The van der Waals surface area contributed by atoms with Crippen LogP contribution in [0.2, 0.25) is 0 Å². The molecular formula is C17H18N2O2S. The molecule has 114 valence electrons. The summed E-state index contributed by atoms with van der Waals surface area (Å²) < 4.78 is 0. The molecule has 2 unspecified atom stereocenters. The first kappa shape index (κ1) is 13.8. The van der Waals surface area contributed by atoms with Crippen molar-refractivity contribution in [2.45, 2.75) is 19.8 Å². The number of benzene rings is 1. The van der Waals surface area contributed by atoms with Gasteiger partial charge in [0, 0.05) is 19.5 Å². The van der Waals surface area contributed by atoms with Gasteiger partial charge in [-0.1, -0.05) is 48.6 Å². The number of thiazole rings is 1. The van der Waals surface area contributed by atoms with Crippen molar-refractivity contribution in [3.63, 3.8) is 0 Å². The average molecular weight is 314 g/mol.